The molecular weight excluding hydrogens is 260 g/mol. The van der Waals surface area contributed by atoms with Crippen LogP contribution in [0.15, 0.2) is 18.5 Å². The van der Waals surface area contributed by atoms with Crippen molar-refractivity contribution in [2.45, 2.75) is 19.4 Å². The highest BCUT2D eigenvalue weighted by Gasteiger charge is 2.14. The van der Waals surface area contributed by atoms with Gasteiger partial charge in [0.05, 0.1) is 11.8 Å². The Labute approximate surface area is 115 Å². The SMILES string of the molecule is CC(C)(O)COc1cnc2[nH]cc(C=CC(N)=O)c2n1. The molecule has 0 atom stereocenters. The summed E-state index contributed by atoms with van der Waals surface area (Å²) in [7, 11) is 0. The Hall–Kier alpha value is -2.41. The van der Waals surface area contributed by atoms with Gasteiger partial charge in [0.1, 0.15) is 12.1 Å². The summed E-state index contributed by atoms with van der Waals surface area (Å²) in [5.41, 5.74) is 5.92. The summed E-state index contributed by atoms with van der Waals surface area (Å²) in [5.74, 6) is -0.241. The van der Waals surface area contributed by atoms with Crippen LogP contribution in [-0.2, 0) is 4.79 Å². The molecule has 106 valence electrons. The maximum atomic E-state index is 10.7. The van der Waals surface area contributed by atoms with E-state index in [1.165, 1.54) is 12.3 Å². The van der Waals surface area contributed by atoms with Crippen LogP contribution in [0.2, 0.25) is 0 Å². The highest BCUT2D eigenvalue weighted by atomic mass is 16.5. The Bertz CT molecular complexity index is 655. The van der Waals surface area contributed by atoms with Crippen molar-refractivity contribution in [1.29, 1.82) is 0 Å². The zero-order valence-electron chi connectivity index (χ0n) is 11.3. The third-order valence-electron chi connectivity index (χ3n) is 2.39. The maximum Gasteiger partial charge on any atom is 0.241 e. The van der Waals surface area contributed by atoms with Gasteiger partial charge in [-0.3, -0.25) is 4.79 Å². The van der Waals surface area contributed by atoms with Gasteiger partial charge in [-0.25, -0.2) is 9.97 Å². The minimum absolute atomic E-state index is 0.101. The van der Waals surface area contributed by atoms with Crippen molar-refractivity contribution < 1.29 is 14.6 Å². The molecule has 2 rings (SSSR count). The Morgan fingerprint density at radius 2 is 2.35 bits per heavy atom. The van der Waals surface area contributed by atoms with E-state index >= 15 is 0 Å². The molecule has 0 saturated carbocycles. The first-order valence-electron chi connectivity index (χ1n) is 6.02. The van der Waals surface area contributed by atoms with Gasteiger partial charge < -0.3 is 20.6 Å². The van der Waals surface area contributed by atoms with E-state index in [0.717, 1.165) is 0 Å². The molecule has 7 nitrogen and oxygen atoms in total. The molecule has 4 N–H and O–H groups in total. The second kappa shape index (κ2) is 5.30. The Morgan fingerprint density at radius 1 is 1.60 bits per heavy atom. The average Bonchev–Trinajstić information content (AvgIpc) is 2.75. The van der Waals surface area contributed by atoms with Gasteiger partial charge in [0.15, 0.2) is 5.65 Å². The zero-order valence-corrected chi connectivity index (χ0v) is 11.3. The molecule has 0 radical (unpaired) electrons. The summed E-state index contributed by atoms with van der Waals surface area (Å²) < 4.78 is 5.38. The molecule has 0 unspecified atom stereocenters. The van der Waals surface area contributed by atoms with Crippen LogP contribution in [0, 0.1) is 0 Å². The van der Waals surface area contributed by atoms with Crippen LogP contribution in [0.1, 0.15) is 19.4 Å². The summed E-state index contributed by atoms with van der Waals surface area (Å²) in [6.07, 6.45) is 5.93. The van der Waals surface area contributed by atoms with Crippen molar-refractivity contribution in [3.63, 3.8) is 0 Å². The summed E-state index contributed by atoms with van der Waals surface area (Å²) in [4.78, 5) is 22.1. The number of hydrogen-bond donors (Lipinski definition) is 3. The third-order valence-corrected chi connectivity index (χ3v) is 2.39. The second-order valence-electron chi connectivity index (χ2n) is 4.99. The van der Waals surface area contributed by atoms with Gasteiger partial charge in [0, 0.05) is 17.8 Å². The Kier molecular flexibility index (Phi) is 3.71. The first-order valence-corrected chi connectivity index (χ1v) is 6.02. The molecule has 0 aliphatic rings. The molecule has 0 saturated heterocycles. The second-order valence-corrected chi connectivity index (χ2v) is 4.99. The molecule has 20 heavy (non-hydrogen) atoms. The largest absolute Gasteiger partial charge is 0.474 e. The van der Waals surface area contributed by atoms with Crippen LogP contribution in [0.5, 0.6) is 5.88 Å². The third kappa shape index (κ3) is 3.55. The van der Waals surface area contributed by atoms with Gasteiger partial charge >= 0.3 is 0 Å². The van der Waals surface area contributed by atoms with Crippen molar-refractivity contribution in [2.24, 2.45) is 5.73 Å². The Balaban J connectivity index is 2.27. The average molecular weight is 276 g/mol. The lowest BCUT2D eigenvalue weighted by molar-refractivity contribution is -0.113. The van der Waals surface area contributed by atoms with Crippen molar-refractivity contribution in [2.75, 3.05) is 6.61 Å². The first kappa shape index (κ1) is 14.0. The highest BCUT2D eigenvalue weighted by Crippen LogP contribution is 2.19. The lowest BCUT2D eigenvalue weighted by Gasteiger charge is -2.16. The van der Waals surface area contributed by atoms with E-state index in [9.17, 15) is 9.90 Å². The molecular formula is C13H16N4O3. The number of carbonyl (C=O) groups is 1. The first-order chi connectivity index (χ1) is 9.35. The molecule has 0 aromatic carbocycles. The summed E-state index contributed by atoms with van der Waals surface area (Å²) in [5, 5.41) is 9.61. The molecule has 2 aromatic heterocycles. The van der Waals surface area contributed by atoms with Gasteiger partial charge in [-0.2, -0.15) is 0 Å². The van der Waals surface area contributed by atoms with E-state index in [1.54, 1.807) is 26.1 Å². The summed E-state index contributed by atoms with van der Waals surface area (Å²) in [6, 6.07) is 0. The van der Waals surface area contributed by atoms with Crippen LogP contribution in [0.25, 0.3) is 17.2 Å². The van der Waals surface area contributed by atoms with E-state index < -0.39 is 11.5 Å². The van der Waals surface area contributed by atoms with Crippen LogP contribution >= 0.6 is 0 Å². The predicted octanol–water partition coefficient (Wildman–Crippen LogP) is 0.606. The number of aliphatic hydroxyl groups is 1. The number of nitrogens with one attached hydrogen (secondary N) is 1. The molecule has 0 fully saturated rings. The zero-order chi connectivity index (χ0) is 14.8. The molecule has 0 spiro atoms. The number of hydrogen-bond acceptors (Lipinski definition) is 5. The van der Waals surface area contributed by atoms with Gasteiger partial charge in [0.25, 0.3) is 0 Å². The number of carbonyl (C=O) groups excluding carboxylic acids is 1. The van der Waals surface area contributed by atoms with Crippen molar-refractivity contribution >= 4 is 23.1 Å². The fourth-order valence-corrected chi connectivity index (χ4v) is 1.51. The number of nitrogens with two attached hydrogens (primary N) is 1. The lowest BCUT2D eigenvalue weighted by Crippen LogP contribution is -2.28. The summed E-state index contributed by atoms with van der Waals surface area (Å²) >= 11 is 0. The van der Waals surface area contributed by atoms with Gasteiger partial charge in [0.2, 0.25) is 11.8 Å². The van der Waals surface area contributed by atoms with Gasteiger partial charge in [-0.1, -0.05) is 0 Å². The van der Waals surface area contributed by atoms with E-state index in [-0.39, 0.29) is 6.61 Å². The Morgan fingerprint density at radius 3 is 3.00 bits per heavy atom. The molecule has 0 aliphatic carbocycles. The number of nitrogens with zero attached hydrogens (tertiary/aromatic N) is 2. The van der Waals surface area contributed by atoms with E-state index in [0.29, 0.717) is 22.6 Å². The number of rotatable bonds is 5. The standard InChI is InChI=1S/C13H16N4O3/c1-13(2,19)7-20-10-6-16-12-11(17-10)8(5-15-12)3-4-9(14)18/h3-6,19H,7H2,1-2H3,(H2,14,18)(H,15,16). The van der Waals surface area contributed by atoms with Gasteiger partial charge in [-0.05, 0) is 19.9 Å². The molecule has 2 aromatic rings. The normalized spacial score (nSPS) is 12.2. The van der Waals surface area contributed by atoms with E-state index in [2.05, 4.69) is 15.0 Å². The number of ether oxygens (including phenoxy) is 1. The minimum atomic E-state index is -0.955. The molecule has 2 heterocycles. The number of aromatic nitrogens is 3. The maximum absolute atomic E-state index is 10.7. The number of amides is 1. The van der Waals surface area contributed by atoms with Gasteiger partial charge in [-0.15, -0.1) is 0 Å². The molecule has 7 heteroatoms. The monoisotopic (exact) mass is 276 g/mol. The predicted molar refractivity (Wildman–Crippen MR) is 73.9 cm³/mol. The topological polar surface area (TPSA) is 114 Å². The van der Waals surface area contributed by atoms with Crippen LogP contribution in [0.4, 0.5) is 0 Å². The van der Waals surface area contributed by atoms with E-state index in [4.69, 9.17) is 10.5 Å². The molecule has 0 aliphatic heterocycles. The quantitative estimate of drug-likeness (QED) is 0.692. The minimum Gasteiger partial charge on any atom is -0.474 e. The van der Waals surface area contributed by atoms with Crippen molar-refractivity contribution in [1.82, 2.24) is 15.0 Å². The number of primary amides is 1. The fourth-order valence-electron chi connectivity index (χ4n) is 1.51. The van der Waals surface area contributed by atoms with Crippen molar-refractivity contribution in [3.05, 3.63) is 24.0 Å². The van der Waals surface area contributed by atoms with E-state index in [1.807, 2.05) is 0 Å². The lowest BCUT2D eigenvalue weighted by atomic mass is 10.2. The smallest absolute Gasteiger partial charge is 0.241 e. The van der Waals surface area contributed by atoms with Crippen LogP contribution < -0.4 is 10.5 Å². The fraction of sp³-hybridized carbons (Fsp3) is 0.308. The van der Waals surface area contributed by atoms with Crippen molar-refractivity contribution in [3.8, 4) is 5.88 Å². The number of aromatic amines is 1. The molecule has 0 bridgehead atoms. The van der Waals surface area contributed by atoms with Crippen LogP contribution in [-0.4, -0.2) is 38.2 Å². The number of fused-ring (bicyclic) bond motifs is 1. The number of H-pyrrole nitrogens is 1. The summed E-state index contributed by atoms with van der Waals surface area (Å²) in [6.45, 7) is 3.37. The highest BCUT2D eigenvalue weighted by molar-refractivity contribution is 5.93. The molecule has 1 amide bonds. The van der Waals surface area contributed by atoms with Crippen LogP contribution in [0.3, 0.4) is 0 Å².